The SMILES string of the molecule is CCC(C)N(C(=O)C(CC(N)=O)NC(=O)OC(C)(C)C)C(C(=O)Nc1c(C)cccc1Cl)c1cccc(O)c1. The van der Waals surface area contributed by atoms with E-state index in [2.05, 4.69) is 10.6 Å². The van der Waals surface area contributed by atoms with Crippen LogP contribution in [0, 0.1) is 6.92 Å². The Balaban J connectivity index is 2.62. The number of aryl methyl sites for hydroxylation is 1. The van der Waals surface area contributed by atoms with Crippen molar-refractivity contribution in [3.05, 3.63) is 58.6 Å². The summed E-state index contributed by atoms with van der Waals surface area (Å²) in [7, 11) is 0. The molecule has 2 aromatic carbocycles. The quantitative estimate of drug-likeness (QED) is 0.337. The van der Waals surface area contributed by atoms with Crippen molar-refractivity contribution in [2.45, 2.75) is 78.1 Å². The number of halogens is 1. The number of benzene rings is 2. The first kappa shape index (κ1) is 31.4. The van der Waals surface area contributed by atoms with Gasteiger partial charge in [-0.15, -0.1) is 0 Å². The highest BCUT2D eigenvalue weighted by molar-refractivity contribution is 6.34. The normalized spacial score (nSPS) is 13.5. The number of hydrogen-bond acceptors (Lipinski definition) is 6. The van der Waals surface area contributed by atoms with Gasteiger partial charge < -0.3 is 31.1 Å². The van der Waals surface area contributed by atoms with E-state index < -0.39 is 54.0 Å². The van der Waals surface area contributed by atoms with Gasteiger partial charge in [-0.25, -0.2) is 4.79 Å². The molecule has 0 aliphatic rings. The van der Waals surface area contributed by atoms with Crippen molar-refractivity contribution in [2.24, 2.45) is 5.73 Å². The van der Waals surface area contributed by atoms with Gasteiger partial charge in [-0.1, -0.05) is 42.8 Å². The average Bonchev–Trinajstić information content (AvgIpc) is 2.82. The molecule has 11 heteroatoms. The van der Waals surface area contributed by atoms with E-state index in [-0.39, 0.29) is 5.75 Å². The van der Waals surface area contributed by atoms with Gasteiger partial charge in [0.2, 0.25) is 11.8 Å². The lowest BCUT2D eigenvalue weighted by molar-refractivity contribution is -0.144. The van der Waals surface area contributed by atoms with Gasteiger partial charge >= 0.3 is 6.09 Å². The fourth-order valence-electron chi connectivity index (χ4n) is 3.94. The average molecular weight is 561 g/mol. The van der Waals surface area contributed by atoms with Crippen molar-refractivity contribution in [2.75, 3.05) is 5.32 Å². The van der Waals surface area contributed by atoms with E-state index in [0.29, 0.717) is 28.3 Å². The minimum absolute atomic E-state index is 0.114. The Bertz CT molecular complexity index is 1190. The largest absolute Gasteiger partial charge is 0.508 e. The van der Waals surface area contributed by atoms with E-state index in [1.54, 1.807) is 65.0 Å². The lowest BCUT2D eigenvalue weighted by Crippen LogP contribution is -2.55. The van der Waals surface area contributed by atoms with Crippen LogP contribution in [0.1, 0.15) is 64.6 Å². The lowest BCUT2D eigenvalue weighted by atomic mass is 9.98. The summed E-state index contributed by atoms with van der Waals surface area (Å²) in [6.45, 7) is 10.3. The molecule has 0 radical (unpaired) electrons. The number of rotatable bonds is 10. The van der Waals surface area contributed by atoms with Crippen molar-refractivity contribution in [1.29, 1.82) is 0 Å². The fourth-order valence-corrected chi connectivity index (χ4v) is 4.21. The number of phenolic OH excluding ortho intramolecular Hbond substituents is 1. The molecule has 39 heavy (non-hydrogen) atoms. The molecule has 2 aromatic rings. The molecular weight excluding hydrogens is 524 g/mol. The number of aromatic hydroxyl groups is 1. The van der Waals surface area contributed by atoms with Crippen LogP contribution >= 0.6 is 11.6 Å². The predicted octanol–water partition coefficient (Wildman–Crippen LogP) is 4.43. The number of amides is 4. The van der Waals surface area contributed by atoms with Crippen LogP contribution in [0.5, 0.6) is 5.75 Å². The Morgan fingerprint density at radius 1 is 1.13 bits per heavy atom. The third-order valence-corrected chi connectivity index (χ3v) is 6.21. The summed E-state index contributed by atoms with van der Waals surface area (Å²) in [6, 6.07) is 7.86. The molecule has 4 amide bonds. The highest BCUT2D eigenvalue weighted by Crippen LogP contribution is 2.32. The van der Waals surface area contributed by atoms with Crippen LogP contribution in [-0.4, -0.2) is 51.5 Å². The van der Waals surface area contributed by atoms with Gasteiger partial charge in [0.1, 0.15) is 23.4 Å². The second-order valence-corrected chi connectivity index (χ2v) is 10.7. The van der Waals surface area contributed by atoms with E-state index in [4.69, 9.17) is 22.1 Å². The Morgan fingerprint density at radius 2 is 1.77 bits per heavy atom. The van der Waals surface area contributed by atoms with E-state index in [0.717, 1.165) is 0 Å². The summed E-state index contributed by atoms with van der Waals surface area (Å²) in [4.78, 5) is 53.7. The maximum Gasteiger partial charge on any atom is 0.408 e. The Labute approximate surface area is 233 Å². The Morgan fingerprint density at radius 3 is 2.31 bits per heavy atom. The van der Waals surface area contributed by atoms with Crippen molar-refractivity contribution >= 4 is 41.1 Å². The molecule has 3 unspecified atom stereocenters. The minimum atomic E-state index is -1.42. The molecule has 0 heterocycles. The second kappa shape index (κ2) is 13.3. The van der Waals surface area contributed by atoms with Gasteiger partial charge in [-0.3, -0.25) is 14.4 Å². The third kappa shape index (κ3) is 8.88. The van der Waals surface area contributed by atoms with Crippen LogP contribution in [0.25, 0.3) is 0 Å². The van der Waals surface area contributed by atoms with Crippen molar-refractivity contribution in [3.63, 3.8) is 0 Å². The molecule has 5 N–H and O–H groups in total. The Hall–Kier alpha value is -3.79. The standard InChI is InChI=1S/C28H37ClN4O6/c1-7-17(3)33(26(37)21(15-22(30)35)31-27(38)39-28(4,5)6)24(18-11-9-12-19(34)14-18)25(36)32-23-16(2)10-8-13-20(23)29/h8-14,17,21,24,34H,7,15H2,1-6H3,(H2,30,35)(H,31,38)(H,32,36). The van der Waals surface area contributed by atoms with Gasteiger partial charge in [0.05, 0.1) is 17.1 Å². The number of nitrogens with zero attached hydrogens (tertiary/aromatic N) is 1. The predicted molar refractivity (Wildman–Crippen MR) is 149 cm³/mol. The number of nitrogens with two attached hydrogens (primary N) is 1. The maximum absolute atomic E-state index is 14.1. The Kier molecular flexibility index (Phi) is 10.7. The zero-order chi connectivity index (χ0) is 29.5. The van der Waals surface area contributed by atoms with Crippen LogP contribution < -0.4 is 16.4 Å². The molecule has 212 valence electrons. The third-order valence-electron chi connectivity index (χ3n) is 5.90. The van der Waals surface area contributed by atoms with Gasteiger partial charge in [0.15, 0.2) is 0 Å². The summed E-state index contributed by atoms with van der Waals surface area (Å²) in [5.41, 5.74) is 5.93. The van der Waals surface area contributed by atoms with Gasteiger partial charge in [0, 0.05) is 6.04 Å². The van der Waals surface area contributed by atoms with Gasteiger partial charge in [-0.05, 0) is 70.4 Å². The van der Waals surface area contributed by atoms with E-state index in [1.165, 1.54) is 17.0 Å². The molecule has 0 aromatic heterocycles. The topological polar surface area (TPSA) is 151 Å². The first-order chi connectivity index (χ1) is 18.1. The number of ether oxygens (including phenoxy) is 1. The number of carbonyl (C=O) groups excluding carboxylic acids is 4. The number of para-hydroxylation sites is 1. The molecule has 3 atom stereocenters. The molecule has 0 aliphatic carbocycles. The summed E-state index contributed by atoms with van der Waals surface area (Å²) in [6.07, 6.45) is -1.02. The molecule has 2 rings (SSSR count). The van der Waals surface area contributed by atoms with Crippen molar-refractivity contribution in [3.8, 4) is 5.75 Å². The molecule has 0 saturated carbocycles. The highest BCUT2D eigenvalue weighted by Gasteiger charge is 2.39. The van der Waals surface area contributed by atoms with Crippen molar-refractivity contribution < 1.29 is 29.0 Å². The van der Waals surface area contributed by atoms with E-state index >= 15 is 0 Å². The number of nitrogens with one attached hydrogen (secondary N) is 2. The van der Waals surface area contributed by atoms with Crippen LogP contribution in [0.15, 0.2) is 42.5 Å². The summed E-state index contributed by atoms with van der Waals surface area (Å²) in [5.74, 6) is -2.29. The maximum atomic E-state index is 14.1. The number of alkyl carbamates (subject to hydrolysis) is 1. The van der Waals surface area contributed by atoms with Crippen LogP contribution in [-0.2, 0) is 19.1 Å². The summed E-state index contributed by atoms with van der Waals surface area (Å²) < 4.78 is 5.28. The van der Waals surface area contributed by atoms with Crippen molar-refractivity contribution in [1.82, 2.24) is 10.2 Å². The van der Waals surface area contributed by atoms with Crippen LogP contribution in [0.2, 0.25) is 5.02 Å². The molecular formula is C28H37ClN4O6. The zero-order valence-electron chi connectivity index (χ0n) is 23.1. The van der Waals surface area contributed by atoms with Gasteiger partial charge in [-0.2, -0.15) is 0 Å². The smallest absolute Gasteiger partial charge is 0.408 e. The number of hydrogen-bond donors (Lipinski definition) is 4. The number of carbonyl (C=O) groups is 4. The lowest BCUT2D eigenvalue weighted by Gasteiger charge is -2.38. The molecule has 10 nitrogen and oxygen atoms in total. The number of phenols is 1. The van der Waals surface area contributed by atoms with Gasteiger partial charge in [0.25, 0.3) is 5.91 Å². The first-order valence-electron chi connectivity index (χ1n) is 12.6. The second-order valence-electron chi connectivity index (χ2n) is 10.3. The van der Waals surface area contributed by atoms with Crippen LogP contribution in [0.4, 0.5) is 10.5 Å². The summed E-state index contributed by atoms with van der Waals surface area (Å²) >= 11 is 6.35. The monoisotopic (exact) mass is 560 g/mol. The highest BCUT2D eigenvalue weighted by atomic mass is 35.5. The van der Waals surface area contributed by atoms with E-state index in [9.17, 15) is 24.3 Å². The fraction of sp³-hybridized carbons (Fsp3) is 0.429. The summed E-state index contributed by atoms with van der Waals surface area (Å²) in [5, 5.41) is 15.8. The minimum Gasteiger partial charge on any atom is -0.508 e. The molecule has 0 fully saturated rings. The zero-order valence-corrected chi connectivity index (χ0v) is 23.8. The molecule has 0 aliphatic heterocycles. The molecule has 0 bridgehead atoms. The molecule has 0 saturated heterocycles. The molecule has 0 spiro atoms. The number of primary amides is 1. The van der Waals surface area contributed by atoms with Crippen LogP contribution in [0.3, 0.4) is 0 Å². The van der Waals surface area contributed by atoms with E-state index in [1.807, 2.05) is 6.92 Å². The number of anilines is 1. The first-order valence-corrected chi connectivity index (χ1v) is 13.0.